The van der Waals surface area contributed by atoms with E-state index >= 15 is 0 Å². The standard InChI is InChI=1S/C11H7FN2O/c1-7-5-10(13-2)9(12)6-8(7)11-14-3-4-15-11/h3-6H,1H3. The Hall–Kier alpha value is -2.15. The van der Waals surface area contributed by atoms with Gasteiger partial charge in [0, 0.05) is 5.56 Å². The van der Waals surface area contributed by atoms with Crippen LogP contribution >= 0.6 is 0 Å². The molecule has 3 nitrogen and oxygen atoms in total. The Bertz CT molecular complexity index is 526. The summed E-state index contributed by atoms with van der Waals surface area (Å²) in [7, 11) is 0. The summed E-state index contributed by atoms with van der Waals surface area (Å²) in [6.45, 7) is 8.56. The molecule has 1 aromatic heterocycles. The Kier molecular flexibility index (Phi) is 2.22. The number of benzene rings is 1. The predicted molar refractivity (Wildman–Crippen MR) is 52.9 cm³/mol. The molecular weight excluding hydrogens is 195 g/mol. The first-order chi connectivity index (χ1) is 7.22. The molecule has 0 radical (unpaired) electrons. The summed E-state index contributed by atoms with van der Waals surface area (Å²) in [5.41, 5.74) is 1.36. The number of hydrogen-bond acceptors (Lipinski definition) is 2. The number of hydrogen-bond donors (Lipinski definition) is 0. The molecule has 0 saturated heterocycles. The van der Waals surface area contributed by atoms with E-state index in [1.807, 2.05) is 0 Å². The van der Waals surface area contributed by atoms with Gasteiger partial charge in [-0.15, -0.1) is 0 Å². The van der Waals surface area contributed by atoms with Gasteiger partial charge in [0.1, 0.15) is 12.1 Å². The zero-order valence-corrected chi connectivity index (χ0v) is 7.99. The van der Waals surface area contributed by atoms with Crippen molar-refractivity contribution in [2.24, 2.45) is 0 Å². The fourth-order valence-electron chi connectivity index (χ4n) is 1.34. The Labute approximate surface area is 86.0 Å². The summed E-state index contributed by atoms with van der Waals surface area (Å²) in [5, 5.41) is 0. The minimum atomic E-state index is -0.552. The van der Waals surface area contributed by atoms with Crippen LogP contribution in [0.3, 0.4) is 0 Å². The number of aryl methyl sites for hydroxylation is 1. The number of aromatic nitrogens is 1. The highest BCUT2D eigenvalue weighted by Crippen LogP contribution is 2.28. The highest BCUT2D eigenvalue weighted by Gasteiger charge is 2.11. The Morgan fingerprint density at radius 1 is 1.47 bits per heavy atom. The van der Waals surface area contributed by atoms with Crippen LogP contribution in [0.5, 0.6) is 0 Å². The summed E-state index contributed by atoms with van der Waals surface area (Å²) >= 11 is 0. The lowest BCUT2D eigenvalue weighted by atomic mass is 10.1. The number of nitrogens with zero attached hydrogens (tertiary/aromatic N) is 2. The molecule has 0 N–H and O–H groups in total. The van der Waals surface area contributed by atoms with E-state index in [1.165, 1.54) is 24.6 Å². The summed E-state index contributed by atoms with van der Waals surface area (Å²) < 4.78 is 18.4. The minimum absolute atomic E-state index is 0.0165. The smallest absolute Gasteiger partial charge is 0.226 e. The van der Waals surface area contributed by atoms with Gasteiger partial charge in [-0.1, -0.05) is 0 Å². The third-order valence-corrected chi connectivity index (χ3v) is 2.08. The van der Waals surface area contributed by atoms with Crippen molar-refractivity contribution in [3.8, 4) is 11.5 Å². The molecule has 0 aliphatic heterocycles. The quantitative estimate of drug-likeness (QED) is 0.664. The van der Waals surface area contributed by atoms with Crippen molar-refractivity contribution < 1.29 is 8.81 Å². The maximum atomic E-state index is 13.3. The van der Waals surface area contributed by atoms with Gasteiger partial charge >= 0.3 is 0 Å². The van der Waals surface area contributed by atoms with E-state index < -0.39 is 5.82 Å². The second kappa shape index (κ2) is 3.54. The maximum Gasteiger partial charge on any atom is 0.226 e. The number of oxazole rings is 1. The largest absolute Gasteiger partial charge is 0.445 e. The highest BCUT2D eigenvalue weighted by atomic mass is 19.1. The van der Waals surface area contributed by atoms with E-state index in [4.69, 9.17) is 11.0 Å². The molecular formula is C11H7FN2O. The van der Waals surface area contributed by atoms with Crippen LogP contribution in [0.1, 0.15) is 5.56 Å². The zero-order chi connectivity index (χ0) is 10.8. The van der Waals surface area contributed by atoms with Crippen molar-refractivity contribution in [1.29, 1.82) is 0 Å². The second-order valence-electron chi connectivity index (χ2n) is 3.07. The first-order valence-electron chi connectivity index (χ1n) is 4.30. The van der Waals surface area contributed by atoms with Crippen LogP contribution in [0.15, 0.2) is 29.0 Å². The Morgan fingerprint density at radius 3 is 2.87 bits per heavy atom. The van der Waals surface area contributed by atoms with Crippen molar-refractivity contribution in [3.63, 3.8) is 0 Å². The van der Waals surface area contributed by atoms with Crippen molar-refractivity contribution in [3.05, 3.63) is 47.4 Å². The molecule has 1 heterocycles. The van der Waals surface area contributed by atoms with E-state index in [0.717, 1.165) is 5.56 Å². The SMILES string of the molecule is [C-]#[N+]c1cc(C)c(-c2ncco2)cc1F. The van der Waals surface area contributed by atoms with Gasteiger partial charge in [0.15, 0.2) is 0 Å². The van der Waals surface area contributed by atoms with Crippen molar-refractivity contribution >= 4 is 5.69 Å². The molecule has 0 atom stereocenters. The molecule has 15 heavy (non-hydrogen) atoms. The lowest BCUT2D eigenvalue weighted by molar-refractivity contribution is 0.572. The third kappa shape index (κ3) is 1.59. The van der Waals surface area contributed by atoms with Gasteiger partial charge in [0.2, 0.25) is 11.6 Å². The molecule has 0 saturated carbocycles. The second-order valence-corrected chi connectivity index (χ2v) is 3.07. The molecule has 2 aromatic rings. The van der Waals surface area contributed by atoms with Crippen molar-refractivity contribution in [2.75, 3.05) is 0 Å². The summed E-state index contributed by atoms with van der Waals surface area (Å²) in [6, 6.07) is 2.76. The summed E-state index contributed by atoms with van der Waals surface area (Å²) in [4.78, 5) is 7.01. The van der Waals surface area contributed by atoms with E-state index in [-0.39, 0.29) is 5.69 Å². The van der Waals surface area contributed by atoms with Gasteiger partial charge in [-0.2, -0.15) is 0 Å². The fourth-order valence-corrected chi connectivity index (χ4v) is 1.34. The molecule has 0 aliphatic rings. The van der Waals surface area contributed by atoms with Crippen LogP contribution in [0.2, 0.25) is 0 Å². The van der Waals surface area contributed by atoms with Crippen LogP contribution in [0.4, 0.5) is 10.1 Å². The van der Waals surface area contributed by atoms with Gasteiger partial charge in [-0.25, -0.2) is 14.2 Å². The van der Waals surface area contributed by atoms with Crippen LogP contribution in [0.25, 0.3) is 16.3 Å². The van der Waals surface area contributed by atoms with Gasteiger partial charge in [0.05, 0.1) is 12.8 Å². The molecule has 0 amide bonds. The first kappa shape index (κ1) is 9.41. The van der Waals surface area contributed by atoms with Crippen LogP contribution < -0.4 is 0 Å². The Morgan fingerprint density at radius 2 is 2.27 bits per heavy atom. The molecule has 74 valence electrons. The van der Waals surface area contributed by atoms with Crippen molar-refractivity contribution in [1.82, 2.24) is 4.98 Å². The maximum absolute atomic E-state index is 13.3. The molecule has 2 rings (SSSR count). The van der Waals surface area contributed by atoms with Crippen molar-refractivity contribution in [2.45, 2.75) is 6.92 Å². The topological polar surface area (TPSA) is 30.4 Å². The predicted octanol–water partition coefficient (Wildman–Crippen LogP) is 3.34. The van der Waals surface area contributed by atoms with E-state index in [1.54, 1.807) is 6.92 Å². The molecule has 4 heteroatoms. The average molecular weight is 202 g/mol. The van der Waals surface area contributed by atoms with Crippen LogP contribution in [0, 0.1) is 19.3 Å². The fraction of sp³-hybridized carbons (Fsp3) is 0.0909. The monoisotopic (exact) mass is 202 g/mol. The van der Waals surface area contributed by atoms with Crippen LogP contribution in [-0.4, -0.2) is 4.98 Å². The molecule has 1 aromatic carbocycles. The average Bonchev–Trinajstić information content (AvgIpc) is 2.74. The molecule has 0 aliphatic carbocycles. The van der Waals surface area contributed by atoms with Gasteiger partial charge in [-0.05, 0) is 24.6 Å². The van der Waals surface area contributed by atoms with E-state index in [2.05, 4.69) is 9.83 Å². The summed E-state index contributed by atoms with van der Waals surface area (Å²) in [6.07, 6.45) is 2.92. The molecule has 0 spiro atoms. The van der Waals surface area contributed by atoms with E-state index in [9.17, 15) is 4.39 Å². The van der Waals surface area contributed by atoms with E-state index in [0.29, 0.717) is 11.5 Å². The third-order valence-electron chi connectivity index (χ3n) is 2.08. The lowest BCUT2D eigenvalue weighted by Crippen LogP contribution is -1.86. The molecule has 0 fully saturated rings. The first-order valence-corrected chi connectivity index (χ1v) is 4.30. The zero-order valence-electron chi connectivity index (χ0n) is 7.99. The number of halogens is 1. The minimum Gasteiger partial charge on any atom is -0.445 e. The molecule has 0 unspecified atom stereocenters. The Balaban J connectivity index is 2.61. The highest BCUT2D eigenvalue weighted by molar-refractivity contribution is 5.64. The molecule has 0 bridgehead atoms. The summed E-state index contributed by atoms with van der Waals surface area (Å²) in [5.74, 6) is -0.188. The van der Waals surface area contributed by atoms with Gasteiger partial charge < -0.3 is 4.42 Å². The number of rotatable bonds is 1. The van der Waals surface area contributed by atoms with Gasteiger partial charge in [0.25, 0.3) is 0 Å². The normalized spacial score (nSPS) is 9.93. The lowest BCUT2D eigenvalue weighted by Gasteiger charge is -2.02. The van der Waals surface area contributed by atoms with Crippen LogP contribution in [-0.2, 0) is 0 Å². The van der Waals surface area contributed by atoms with Gasteiger partial charge in [-0.3, -0.25) is 0 Å².